The third kappa shape index (κ3) is 1.91. The quantitative estimate of drug-likeness (QED) is 0.839. The molecule has 1 unspecified atom stereocenters. The zero-order chi connectivity index (χ0) is 13.8. The van der Waals surface area contributed by atoms with Crippen molar-refractivity contribution in [1.82, 2.24) is 0 Å². The van der Waals surface area contributed by atoms with Crippen molar-refractivity contribution in [3.63, 3.8) is 0 Å². The van der Waals surface area contributed by atoms with Gasteiger partial charge in [0.25, 0.3) is 5.91 Å². The van der Waals surface area contributed by atoms with Crippen molar-refractivity contribution in [3.05, 3.63) is 23.8 Å². The molecule has 1 aromatic rings. The Balaban J connectivity index is 1.93. The summed E-state index contributed by atoms with van der Waals surface area (Å²) in [5.74, 6) is -0.242. The van der Waals surface area contributed by atoms with Crippen LogP contribution in [0.4, 0.5) is 11.4 Å². The minimum absolute atomic E-state index is 0.242. The lowest BCUT2D eigenvalue weighted by Gasteiger charge is -2.22. The Morgan fingerprint density at radius 2 is 2.11 bits per heavy atom. The first kappa shape index (κ1) is 12.5. The van der Waals surface area contributed by atoms with E-state index < -0.39 is 6.10 Å². The number of carbonyl (C=O) groups is 1. The molecular formula is C15H20N2O2. The van der Waals surface area contributed by atoms with E-state index in [2.05, 4.69) is 18.7 Å². The highest BCUT2D eigenvalue weighted by molar-refractivity contribution is 6.03. The number of benzene rings is 1. The molecule has 102 valence electrons. The largest absolute Gasteiger partial charge is 0.378 e. The second kappa shape index (κ2) is 3.97. The van der Waals surface area contributed by atoms with Crippen molar-refractivity contribution in [2.24, 2.45) is 5.41 Å². The number of anilines is 2. The maximum absolute atomic E-state index is 11.8. The van der Waals surface area contributed by atoms with E-state index in [9.17, 15) is 9.90 Å². The van der Waals surface area contributed by atoms with Gasteiger partial charge < -0.3 is 14.9 Å². The van der Waals surface area contributed by atoms with Gasteiger partial charge in [-0.25, -0.2) is 0 Å². The fourth-order valence-corrected chi connectivity index (χ4v) is 3.02. The summed E-state index contributed by atoms with van der Waals surface area (Å²) >= 11 is 0. The molecule has 1 saturated heterocycles. The molecule has 0 aromatic heterocycles. The molecule has 0 saturated carbocycles. The van der Waals surface area contributed by atoms with Crippen molar-refractivity contribution in [1.29, 1.82) is 0 Å². The van der Waals surface area contributed by atoms with Crippen LogP contribution in [0.2, 0.25) is 0 Å². The van der Waals surface area contributed by atoms with Gasteiger partial charge in [-0.05, 0) is 24.0 Å². The molecule has 0 aliphatic carbocycles. The molecule has 0 bridgehead atoms. The number of nitrogens with zero attached hydrogens (tertiary/aromatic N) is 2. The van der Waals surface area contributed by atoms with Crippen molar-refractivity contribution < 1.29 is 9.90 Å². The first-order valence-corrected chi connectivity index (χ1v) is 6.74. The van der Waals surface area contributed by atoms with Crippen molar-refractivity contribution in [3.8, 4) is 0 Å². The third-order valence-electron chi connectivity index (χ3n) is 4.28. The zero-order valence-electron chi connectivity index (χ0n) is 11.7. The predicted octanol–water partition coefficient (Wildman–Crippen LogP) is 1.93. The van der Waals surface area contributed by atoms with Crippen LogP contribution in [0.25, 0.3) is 0 Å². The summed E-state index contributed by atoms with van der Waals surface area (Å²) in [5.41, 5.74) is 3.03. The Hall–Kier alpha value is -1.55. The molecule has 2 aliphatic rings. The summed E-state index contributed by atoms with van der Waals surface area (Å²) in [5, 5.41) is 9.85. The Kier molecular flexibility index (Phi) is 2.61. The molecule has 2 heterocycles. The molecule has 0 spiro atoms. The van der Waals surface area contributed by atoms with Crippen molar-refractivity contribution in [2.45, 2.75) is 26.4 Å². The number of aliphatic hydroxyl groups excluding tert-OH is 1. The molecule has 3 rings (SSSR count). The fourth-order valence-electron chi connectivity index (χ4n) is 3.02. The van der Waals surface area contributed by atoms with Crippen LogP contribution in [-0.2, 0) is 4.79 Å². The van der Waals surface area contributed by atoms with Gasteiger partial charge in [-0.3, -0.25) is 4.79 Å². The predicted molar refractivity (Wildman–Crippen MR) is 75.4 cm³/mol. The smallest absolute Gasteiger partial charge is 0.260 e. The van der Waals surface area contributed by atoms with Crippen LogP contribution in [0, 0.1) is 5.41 Å². The molecule has 4 nitrogen and oxygen atoms in total. The highest BCUT2D eigenvalue weighted by Gasteiger charge is 2.35. The van der Waals surface area contributed by atoms with E-state index in [0.717, 1.165) is 30.0 Å². The Morgan fingerprint density at radius 1 is 1.37 bits per heavy atom. The van der Waals surface area contributed by atoms with Gasteiger partial charge in [0.15, 0.2) is 6.10 Å². The van der Waals surface area contributed by atoms with Gasteiger partial charge in [0.05, 0.1) is 5.69 Å². The number of likely N-dealkylation sites (N-methyl/N-ethyl adjacent to an activating group) is 1. The molecule has 19 heavy (non-hydrogen) atoms. The van der Waals surface area contributed by atoms with E-state index >= 15 is 0 Å². The van der Waals surface area contributed by atoms with Gasteiger partial charge in [-0.15, -0.1) is 0 Å². The maximum Gasteiger partial charge on any atom is 0.260 e. The molecular weight excluding hydrogens is 240 g/mol. The topological polar surface area (TPSA) is 43.8 Å². The minimum Gasteiger partial charge on any atom is -0.378 e. The van der Waals surface area contributed by atoms with Gasteiger partial charge >= 0.3 is 0 Å². The maximum atomic E-state index is 11.8. The number of aliphatic hydroxyl groups is 1. The minimum atomic E-state index is -0.996. The van der Waals surface area contributed by atoms with E-state index in [-0.39, 0.29) is 5.91 Å². The molecule has 2 aliphatic heterocycles. The summed E-state index contributed by atoms with van der Waals surface area (Å²) in [6.45, 7) is 6.64. The number of hydrogen-bond acceptors (Lipinski definition) is 3. The fraction of sp³-hybridized carbons (Fsp3) is 0.533. The summed E-state index contributed by atoms with van der Waals surface area (Å²) in [6, 6.07) is 5.91. The lowest BCUT2D eigenvalue weighted by atomic mass is 9.93. The van der Waals surface area contributed by atoms with Gasteiger partial charge in [-0.2, -0.15) is 0 Å². The lowest BCUT2D eigenvalue weighted by Crippen LogP contribution is -2.24. The van der Waals surface area contributed by atoms with Gasteiger partial charge in [0.1, 0.15) is 0 Å². The second-order valence-electron chi connectivity index (χ2n) is 6.38. The SMILES string of the molecule is CN1C(=O)C(O)c2ccc(N3CCC(C)(C)C3)cc21. The van der Waals surface area contributed by atoms with Crippen LogP contribution in [0.1, 0.15) is 31.9 Å². The number of amides is 1. The Labute approximate surface area is 113 Å². The second-order valence-corrected chi connectivity index (χ2v) is 6.38. The van der Waals surface area contributed by atoms with Crippen LogP contribution in [0.3, 0.4) is 0 Å². The number of hydrogen-bond donors (Lipinski definition) is 1. The zero-order valence-corrected chi connectivity index (χ0v) is 11.7. The number of rotatable bonds is 1. The molecule has 1 amide bonds. The molecule has 1 atom stereocenters. The molecule has 1 N–H and O–H groups in total. The normalized spacial score (nSPS) is 25.1. The van der Waals surface area contributed by atoms with Gasteiger partial charge in [0.2, 0.25) is 0 Å². The first-order valence-electron chi connectivity index (χ1n) is 6.74. The van der Waals surface area contributed by atoms with Crippen LogP contribution >= 0.6 is 0 Å². The van der Waals surface area contributed by atoms with Crippen molar-refractivity contribution >= 4 is 17.3 Å². The Bertz CT molecular complexity index is 539. The van der Waals surface area contributed by atoms with E-state index in [4.69, 9.17) is 0 Å². The summed E-state index contributed by atoms with van der Waals surface area (Å²) in [7, 11) is 1.72. The van der Waals surface area contributed by atoms with E-state index in [1.807, 2.05) is 18.2 Å². The van der Waals surface area contributed by atoms with E-state index in [0.29, 0.717) is 5.41 Å². The van der Waals surface area contributed by atoms with Crippen LogP contribution in [0.5, 0.6) is 0 Å². The average Bonchev–Trinajstić information content (AvgIpc) is 2.84. The van der Waals surface area contributed by atoms with Gasteiger partial charge in [0, 0.05) is 31.4 Å². The number of fused-ring (bicyclic) bond motifs is 1. The average molecular weight is 260 g/mol. The number of carbonyl (C=O) groups excluding carboxylic acids is 1. The highest BCUT2D eigenvalue weighted by atomic mass is 16.3. The summed E-state index contributed by atoms with van der Waals surface area (Å²) < 4.78 is 0. The van der Waals surface area contributed by atoms with Crippen LogP contribution in [0.15, 0.2) is 18.2 Å². The lowest BCUT2D eigenvalue weighted by molar-refractivity contribution is -0.125. The Morgan fingerprint density at radius 3 is 2.74 bits per heavy atom. The van der Waals surface area contributed by atoms with Crippen LogP contribution < -0.4 is 9.80 Å². The molecule has 1 aromatic carbocycles. The van der Waals surface area contributed by atoms with E-state index in [1.54, 1.807) is 11.9 Å². The first-order chi connectivity index (χ1) is 8.89. The summed E-state index contributed by atoms with van der Waals surface area (Å²) in [6.07, 6.45) is 0.186. The standard InChI is InChI=1S/C15H20N2O2/c1-15(2)6-7-17(9-15)10-4-5-11-12(8-10)16(3)14(19)13(11)18/h4-5,8,13,18H,6-7,9H2,1-3H3. The highest BCUT2D eigenvalue weighted by Crippen LogP contribution is 2.39. The third-order valence-corrected chi connectivity index (χ3v) is 4.28. The van der Waals surface area contributed by atoms with Crippen LogP contribution in [-0.4, -0.2) is 31.2 Å². The monoisotopic (exact) mass is 260 g/mol. The molecule has 0 radical (unpaired) electrons. The molecule has 1 fully saturated rings. The van der Waals surface area contributed by atoms with Gasteiger partial charge in [-0.1, -0.05) is 19.9 Å². The van der Waals surface area contributed by atoms with Crippen molar-refractivity contribution in [2.75, 3.05) is 29.9 Å². The summed E-state index contributed by atoms with van der Waals surface area (Å²) in [4.78, 5) is 15.7. The van der Waals surface area contributed by atoms with E-state index in [1.165, 1.54) is 6.42 Å². The molecule has 4 heteroatoms.